The maximum absolute atomic E-state index is 4.50. The number of rotatable bonds is 5. The van der Waals surface area contributed by atoms with Crippen LogP contribution in [0.3, 0.4) is 0 Å². The van der Waals surface area contributed by atoms with Crippen LogP contribution < -0.4 is 4.90 Å². The lowest BCUT2D eigenvalue weighted by Gasteiger charge is -2.41. The van der Waals surface area contributed by atoms with Crippen LogP contribution in [-0.4, -0.2) is 33.8 Å². The normalized spacial score (nSPS) is 20.1. The smallest absolute Gasteiger partial charge is 0.142 e. The Kier molecular flexibility index (Phi) is 4.19. The molecule has 0 saturated heterocycles. The van der Waals surface area contributed by atoms with E-state index in [0.29, 0.717) is 6.04 Å². The fourth-order valence-corrected chi connectivity index (χ4v) is 4.55. The van der Waals surface area contributed by atoms with Crippen LogP contribution in [0.15, 0.2) is 47.8 Å². The Hall–Kier alpha value is -2.01. The van der Waals surface area contributed by atoms with Gasteiger partial charge in [0.2, 0.25) is 0 Å². The maximum Gasteiger partial charge on any atom is 0.142 e. The van der Waals surface area contributed by atoms with Crippen LogP contribution in [0.2, 0.25) is 0 Å². The summed E-state index contributed by atoms with van der Waals surface area (Å²) in [5, 5.41) is 1.11. The number of anilines is 1. The van der Waals surface area contributed by atoms with Gasteiger partial charge in [-0.1, -0.05) is 18.2 Å². The number of hydrogen-bond acceptors (Lipinski definition) is 4. The minimum atomic E-state index is 0.584. The average molecular weight is 338 g/mol. The molecule has 0 aliphatic heterocycles. The first-order valence-electron chi connectivity index (χ1n) is 8.41. The number of thioether (sulfide) groups is 1. The van der Waals surface area contributed by atoms with Crippen molar-refractivity contribution >= 4 is 28.6 Å². The van der Waals surface area contributed by atoms with Crippen LogP contribution in [0.4, 0.5) is 5.82 Å². The van der Waals surface area contributed by atoms with Gasteiger partial charge < -0.3 is 9.88 Å². The molecule has 124 valence electrons. The zero-order valence-electron chi connectivity index (χ0n) is 14.1. The van der Waals surface area contributed by atoms with Crippen molar-refractivity contribution in [3.05, 3.63) is 48.4 Å². The Morgan fingerprint density at radius 2 is 2.04 bits per heavy atom. The second kappa shape index (κ2) is 6.48. The number of nitrogens with zero attached hydrogens (tertiary/aromatic N) is 3. The molecular formula is C19H22N4S. The number of aromatic amines is 1. The highest BCUT2D eigenvalue weighted by molar-refractivity contribution is 7.99. The Morgan fingerprint density at radius 3 is 2.88 bits per heavy atom. The van der Waals surface area contributed by atoms with Gasteiger partial charge in [-0.25, -0.2) is 9.97 Å². The predicted octanol–water partition coefficient (Wildman–Crippen LogP) is 4.27. The summed E-state index contributed by atoms with van der Waals surface area (Å²) >= 11 is 2.00. The quantitative estimate of drug-likeness (QED) is 0.706. The summed E-state index contributed by atoms with van der Waals surface area (Å²) in [6.45, 7) is 2.19. The molecule has 2 heterocycles. The van der Waals surface area contributed by atoms with Gasteiger partial charge in [0.1, 0.15) is 17.8 Å². The standard InChI is InChI=1S/C19H22N4S/c1-13-5-3-4-6-17(13)24-11-14-9-15(10-14)23(2)19-16-7-8-20-18(16)21-12-22-19/h3-8,12,14-15H,9-11H2,1-2H3,(H,20,21,22). The third kappa shape index (κ3) is 2.88. The fourth-order valence-electron chi connectivity index (χ4n) is 3.39. The molecule has 0 unspecified atom stereocenters. The van der Waals surface area contributed by atoms with Gasteiger partial charge in [0.05, 0.1) is 5.39 Å². The molecule has 1 fully saturated rings. The number of fused-ring (bicyclic) bond motifs is 1. The monoisotopic (exact) mass is 338 g/mol. The van der Waals surface area contributed by atoms with Crippen LogP contribution in [0, 0.1) is 12.8 Å². The summed E-state index contributed by atoms with van der Waals surface area (Å²) in [5.41, 5.74) is 2.30. The van der Waals surface area contributed by atoms with Crippen molar-refractivity contribution in [2.24, 2.45) is 5.92 Å². The van der Waals surface area contributed by atoms with Crippen molar-refractivity contribution in [3.63, 3.8) is 0 Å². The van der Waals surface area contributed by atoms with E-state index in [9.17, 15) is 0 Å². The van der Waals surface area contributed by atoms with E-state index in [-0.39, 0.29) is 0 Å². The van der Waals surface area contributed by atoms with E-state index in [1.54, 1.807) is 6.33 Å². The molecule has 24 heavy (non-hydrogen) atoms. The fraction of sp³-hybridized carbons (Fsp3) is 0.368. The minimum Gasteiger partial charge on any atom is -0.356 e. The molecule has 1 aliphatic rings. The summed E-state index contributed by atoms with van der Waals surface area (Å²) in [6.07, 6.45) is 6.06. The van der Waals surface area contributed by atoms with Crippen molar-refractivity contribution in [1.82, 2.24) is 15.0 Å². The Labute approximate surface area is 146 Å². The van der Waals surface area contributed by atoms with Crippen LogP contribution in [-0.2, 0) is 0 Å². The first-order chi connectivity index (χ1) is 11.7. The Bertz CT molecular complexity index is 838. The summed E-state index contributed by atoms with van der Waals surface area (Å²) < 4.78 is 0. The molecule has 1 aliphatic carbocycles. The van der Waals surface area contributed by atoms with Crippen molar-refractivity contribution in [2.45, 2.75) is 30.7 Å². The van der Waals surface area contributed by atoms with E-state index in [4.69, 9.17) is 0 Å². The average Bonchev–Trinajstić information content (AvgIpc) is 3.03. The molecule has 0 spiro atoms. The molecule has 0 amide bonds. The molecule has 1 N–H and O–H groups in total. The van der Waals surface area contributed by atoms with Gasteiger partial charge >= 0.3 is 0 Å². The van der Waals surface area contributed by atoms with Crippen LogP contribution in [0.25, 0.3) is 11.0 Å². The molecule has 0 bridgehead atoms. The van der Waals surface area contributed by atoms with Crippen molar-refractivity contribution < 1.29 is 0 Å². The topological polar surface area (TPSA) is 44.8 Å². The molecule has 1 aromatic carbocycles. The number of nitrogens with one attached hydrogen (secondary N) is 1. The zero-order chi connectivity index (χ0) is 16.5. The van der Waals surface area contributed by atoms with Gasteiger partial charge in [-0.3, -0.25) is 0 Å². The summed E-state index contributed by atoms with van der Waals surface area (Å²) in [6, 6.07) is 11.3. The Balaban J connectivity index is 1.35. The molecule has 0 atom stereocenters. The summed E-state index contributed by atoms with van der Waals surface area (Å²) in [4.78, 5) is 15.7. The largest absolute Gasteiger partial charge is 0.356 e. The lowest BCUT2D eigenvalue weighted by molar-refractivity contribution is 0.286. The predicted molar refractivity (Wildman–Crippen MR) is 101 cm³/mol. The number of H-pyrrole nitrogens is 1. The summed E-state index contributed by atoms with van der Waals surface area (Å²) in [5.74, 6) is 3.04. The van der Waals surface area contributed by atoms with Crippen molar-refractivity contribution in [1.29, 1.82) is 0 Å². The first-order valence-corrected chi connectivity index (χ1v) is 9.40. The van der Waals surface area contributed by atoms with Gasteiger partial charge in [0, 0.05) is 29.9 Å². The number of benzene rings is 1. The van der Waals surface area contributed by atoms with E-state index < -0.39 is 0 Å². The maximum atomic E-state index is 4.50. The number of aromatic nitrogens is 3. The molecule has 4 rings (SSSR count). The third-order valence-corrected chi connectivity index (χ3v) is 6.40. The van der Waals surface area contributed by atoms with Crippen LogP contribution in [0.1, 0.15) is 18.4 Å². The van der Waals surface area contributed by atoms with Gasteiger partial charge in [0.25, 0.3) is 0 Å². The van der Waals surface area contributed by atoms with E-state index in [1.165, 1.54) is 29.1 Å². The zero-order valence-corrected chi connectivity index (χ0v) is 14.9. The van der Waals surface area contributed by atoms with Crippen molar-refractivity contribution in [2.75, 3.05) is 17.7 Å². The molecule has 2 aromatic heterocycles. The minimum absolute atomic E-state index is 0.584. The third-order valence-electron chi connectivity index (χ3n) is 4.99. The van der Waals surface area contributed by atoms with Gasteiger partial charge in [-0.2, -0.15) is 0 Å². The van der Waals surface area contributed by atoms with Gasteiger partial charge in [-0.15, -0.1) is 11.8 Å². The van der Waals surface area contributed by atoms with Crippen LogP contribution in [0.5, 0.6) is 0 Å². The highest BCUT2D eigenvalue weighted by Gasteiger charge is 2.33. The Morgan fingerprint density at radius 1 is 1.21 bits per heavy atom. The van der Waals surface area contributed by atoms with Gasteiger partial charge in [-0.05, 0) is 43.4 Å². The molecule has 5 heteroatoms. The molecule has 4 nitrogen and oxygen atoms in total. The molecule has 0 radical (unpaired) electrons. The molecular weight excluding hydrogens is 316 g/mol. The highest BCUT2D eigenvalue weighted by atomic mass is 32.2. The SMILES string of the molecule is Cc1ccccc1SCC1CC(N(C)c2ncnc3[nH]ccc23)C1. The highest BCUT2D eigenvalue weighted by Crippen LogP contribution is 2.38. The van der Waals surface area contributed by atoms with Crippen molar-refractivity contribution in [3.8, 4) is 0 Å². The van der Waals surface area contributed by atoms with E-state index >= 15 is 0 Å². The summed E-state index contributed by atoms with van der Waals surface area (Å²) in [7, 11) is 2.16. The van der Waals surface area contributed by atoms with E-state index in [1.807, 2.05) is 18.0 Å². The van der Waals surface area contributed by atoms with Crippen LogP contribution >= 0.6 is 11.8 Å². The molecule has 1 saturated carbocycles. The molecule has 3 aromatic rings. The second-order valence-corrected chi connectivity index (χ2v) is 7.68. The van der Waals surface area contributed by atoms with E-state index in [2.05, 4.69) is 64.2 Å². The second-order valence-electron chi connectivity index (χ2n) is 6.62. The lowest BCUT2D eigenvalue weighted by atomic mass is 9.81. The number of hydrogen-bond donors (Lipinski definition) is 1. The van der Waals surface area contributed by atoms with E-state index in [0.717, 1.165) is 22.8 Å². The number of aryl methyl sites for hydroxylation is 1. The van der Waals surface area contributed by atoms with Gasteiger partial charge in [0.15, 0.2) is 0 Å². The first kappa shape index (κ1) is 15.5. The lowest BCUT2D eigenvalue weighted by Crippen LogP contribution is -2.43.